The minimum Gasteiger partial charge on any atom is -0.345 e. The number of carbonyl (C=O) groups is 2. The minimum atomic E-state index is -0.500. The standard InChI is InChI=1S/C14H29N3O2/c1-7-17(8-2)13(19)10(3)16-12(18)9-11(15)14(4,5)6/h10-11H,7-9,15H2,1-6H3,(H,16,18). The van der Waals surface area contributed by atoms with E-state index in [4.69, 9.17) is 5.73 Å². The summed E-state index contributed by atoms with van der Waals surface area (Å²) in [5.74, 6) is -0.224. The molecule has 0 aromatic carbocycles. The van der Waals surface area contributed by atoms with Gasteiger partial charge in [0.15, 0.2) is 0 Å². The number of hydrogen-bond donors (Lipinski definition) is 2. The van der Waals surface area contributed by atoms with Gasteiger partial charge in [0.05, 0.1) is 0 Å². The second kappa shape index (κ2) is 7.48. The van der Waals surface area contributed by atoms with Gasteiger partial charge in [-0.15, -0.1) is 0 Å². The Morgan fingerprint density at radius 2 is 1.68 bits per heavy atom. The average Bonchev–Trinajstić information content (AvgIpc) is 2.28. The number of nitrogens with two attached hydrogens (primary N) is 1. The van der Waals surface area contributed by atoms with Crippen LogP contribution in [0.4, 0.5) is 0 Å². The highest BCUT2D eigenvalue weighted by molar-refractivity contribution is 5.87. The van der Waals surface area contributed by atoms with E-state index in [2.05, 4.69) is 5.32 Å². The zero-order valence-corrected chi connectivity index (χ0v) is 13.1. The maximum absolute atomic E-state index is 12.0. The molecule has 0 rings (SSSR count). The first kappa shape index (κ1) is 17.9. The molecule has 0 heterocycles. The molecule has 0 bridgehead atoms. The van der Waals surface area contributed by atoms with E-state index in [0.717, 1.165) is 0 Å². The molecular formula is C14H29N3O2. The van der Waals surface area contributed by atoms with Crippen molar-refractivity contribution in [2.24, 2.45) is 11.1 Å². The van der Waals surface area contributed by atoms with Crippen molar-refractivity contribution < 1.29 is 9.59 Å². The molecule has 112 valence electrons. The van der Waals surface area contributed by atoms with E-state index in [1.165, 1.54) is 0 Å². The molecule has 0 saturated heterocycles. The van der Waals surface area contributed by atoms with Gasteiger partial charge in [0.1, 0.15) is 6.04 Å². The SMILES string of the molecule is CCN(CC)C(=O)C(C)NC(=O)CC(N)C(C)(C)C. The first-order chi connectivity index (χ1) is 8.63. The van der Waals surface area contributed by atoms with E-state index in [1.54, 1.807) is 11.8 Å². The fraction of sp³-hybridized carbons (Fsp3) is 0.857. The summed E-state index contributed by atoms with van der Waals surface area (Å²) in [5, 5.41) is 2.72. The number of nitrogens with zero attached hydrogens (tertiary/aromatic N) is 1. The zero-order chi connectivity index (χ0) is 15.2. The molecule has 0 aromatic heterocycles. The summed E-state index contributed by atoms with van der Waals surface area (Å²) >= 11 is 0. The van der Waals surface area contributed by atoms with Crippen LogP contribution in [0.5, 0.6) is 0 Å². The Morgan fingerprint density at radius 3 is 2.05 bits per heavy atom. The fourth-order valence-corrected chi connectivity index (χ4v) is 1.68. The number of nitrogens with one attached hydrogen (secondary N) is 1. The van der Waals surface area contributed by atoms with Gasteiger partial charge in [-0.05, 0) is 26.2 Å². The van der Waals surface area contributed by atoms with Crippen LogP contribution in [-0.4, -0.2) is 41.9 Å². The Labute approximate surface area is 116 Å². The quantitative estimate of drug-likeness (QED) is 0.760. The third kappa shape index (κ3) is 6.05. The summed E-state index contributed by atoms with van der Waals surface area (Å²) in [7, 11) is 0. The highest BCUT2D eigenvalue weighted by atomic mass is 16.2. The van der Waals surface area contributed by atoms with Gasteiger partial charge in [0.2, 0.25) is 11.8 Å². The molecule has 3 N–H and O–H groups in total. The predicted molar refractivity (Wildman–Crippen MR) is 77.6 cm³/mol. The Morgan fingerprint density at radius 1 is 1.21 bits per heavy atom. The van der Waals surface area contributed by atoms with Crippen molar-refractivity contribution in [1.29, 1.82) is 0 Å². The third-order valence-corrected chi connectivity index (χ3v) is 3.34. The summed E-state index contributed by atoms with van der Waals surface area (Å²) in [5.41, 5.74) is 5.84. The minimum absolute atomic E-state index is 0.0531. The molecule has 0 fully saturated rings. The number of rotatable bonds is 6. The monoisotopic (exact) mass is 271 g/mol. The Balaban J connectivity index is 4.37. The molecule has 5 nitrogen and oxygen atoms in total. The maximum Gasteiger partial charge on any atom is 0.244 e. The molecule has 19 heavy (non-hydrogen) atoms. The second-order valence-corrected chi connectivity index (χ2v) is 5.98. The molecule has 2 atom stereocenters. The lowest BCUT2D eigenvalue weighted by atomic mass is 9.85. The van der Waals surface area contributed by atoms with Crippen LogP contribution in [0.3, 0.4) is 0 Å². The van der Waals surface area contributed by atoms with Gasteiger partial charge < -0.3 is 16.0 Å². The largest absolute Gasteiger partial charge is 0.345 e. The van der Waals surface area contributed by atoms with Gasteiger partial charge >= 0.3 is 0 Å². The molecule has 0 aromatic rings. The van der Waals surface area contributed by atoms with Crippen LogP contribution < -0.4 is 11.1 Å². The van der Waals surface area contributed by atoms with Crippen molar-refractivity contribution in [3.63, 3.8) is 0 Å². The van der Waals surface area contributed by atoms with Gasteiger partial charge in [0, 0.05) is 25.6 Å². The van der Waals surface area contributed by atoms with E-state index < -0.39 is 6.04 Å². The number of amides is 2. The van der Waals surface area contributed by atoms with Crippen LogP contribution in [0.25, 0.3) is 0 Å². The first-order valence-electron chi connectivity index (χ1n) is 6.97. The third-order valence-electron chi connectivity index (χ3n) is 3.34. The fourth-order valence-electron chi connectivity index (χ4n) is 1.68. The summed E-state index contributed by atoms with van der Waals surface area (Å²) in [6.45, 7) is 12.8. The van der Waals surface area contributed by atoms with Crippen molar-refractivity contribution in [2.45, 2.75) is 60.0 Å². The average molecular weight is 271 g/mol. The summed E-state index contributed by atoms with van der Waals surface area (Å²) in [6.07, 6.45) is 0.235. The Kier molecular flexibility index (Phi) is 7.05. The molecule has 0 spiro atoms. The number of carbonyl (C=O) groups excluding carboxylic acids is 2. The van der Waals surface area contributed by atoms with E-state index in [-0.39, 0.29) is 29.7 Å². The highest BCUT2D eigenvalue weighted by Gasteiger charge is 2.25. The summed E-state index contributed by atoms with van der Waals surface area (Å²) in [6, 6.07) is -0.720. The molecule has 0 saturated carbocycles. The van der Waals surface area contributed by atoms with Crippen LogP contribution in [0.1, 0.15) is 48.0 Å². The number of hydrogen-bond acceptors (Lipinski definition) is 3. The van der Waals surface area contributed by atoms with Crippen LogP contribution in [0, 0.1) is 5.41 Å². The van der Waals surface area contributed by atoms with Gasteiger partial charge in [-0.1, -0.05) is 20.8 Å². The van der Waals surface area contributed by atoms with E-state index in [0.29, 0.717) is 13.1 Å². The summed E-state index contributed by atoms with van der Waals surface area (Å²) in [4.78, 5) is 25.6. The molecule has 2 unspecified atom stereocenters. The molecule has 5 heteroatoms. The van der Waals surface area contributed by atoms with Crippen molar-refractivity contribution in [3.8, 4) is 0 Å². The first-order valence-corrected chi connectivity index (χ1v) is 6.97. The second-order valence-electron chi connectivity index (χ2n) is 5.98. The number of likely N-dealkylation sites (N-methyl/N-ethyl adjacent to an activating group) is 1. The van der Waals surface area contributed by atoms with E-state index >= 15 is 0 Å². The van der Waals surface area contributed by atoms with E-state index in [1.807, 2.05) is 34.6 Å². The molecule has 0 aliphatic heterocycles. The van der Waals surface area contributed by atoms with Crippen molar-refractivity contribution in [1.82, 2.24) is 10.2 Å². The lowest BCUT2D eigenvalue weighted by Crippen LogP contribution is -2.48. The molecule has 2 amide bonds. The summed E-state index contributed by atoms with van der Waals surface area (Å²) < 4.78 is 0. The molecular weight excluding hydrogens is 242 g/mol. The Hall–Kier alpha value is -1.10. The zero-order valence-electron chi connectivity index (χ0n) is 13.1. The molecule has 0 aliphatic rings. The predicted octanol–water partition coefficient (Wildman–Crippen LogP) is 1.12. The van der Waals surface area contributed by atoms with Crippen LogP contribution in [-0.2, 0) is 9.59 Å². The highest BCUT2D eigenvalue weighted by Crippen LogP contribution is 2.19. The van der Waals surface area contributed by atoms with Crippen LogP contribution in [0.2, 0.25) is 0 Å². The normalized spacial score (nSPS) is 14.7. The van der Waals surface area contributed by atoms with Gasteiger partial charge in [-0.25, -0.2) is 0 Å². The topological polar surface area (TPSA) is 75.4 Å². The van der Waals surface area contributed by atoms with Crippen molar-refractivity contribution in [2.75, 3.05) is 13.1 Å². The maximum atomic E-state index is 12.0. The molecule has 0 aliphatic carbocycles. The Bertz CT molecular complexity index is 306. The molecule has 0 radical (unpaired) electrons. The van der Waals surface area contributed by atoms with E-state index in [9.17, 15) is 9.59 Å². The lowest BCUT2D eigenvalue weighted by molar-refractivity contribution is -0.135. The van der Waals surface area contributed by atoms with Gasteiger partial charge in [-0.3, -0.25) is 9.59 Å². The van der Waals surface area contributed by atoms with Crippen molar-refractivity contribution >= 4 is 11.8 Å². The van der Waals surface area contributed by atoms with Crippen molar-refractivity contribution in [3.05, 3.63) is 0 Å². The van der Waals surface area contributed by atoms with Gasteiger partial charge in [0.25, 0.3) is 0 Å². The van der Waals surface area contributed by atoms with Gasteiger partial charge in [-0.2, -0.15) is 0 Å². The van der Waals surface area contributed by atoms with Crippen LogP contribution >= 0.6 is 0 Å². The van der Waals surface area contributed by atoms with Crippen LogP contribution in [0.15, 0.2) is 0 Å². The smallest absolute Gasteiger partial charge is 0.244 e. The lowest BCUT2D eigenvalue weighted by Gasteiger charge is -2.28.